The summed E-state index contributed by atoms with van der Waals surface area (Å²) in [5.74, 6) is -0.154. The van der Waals surface area contributed by atoms with Gasteiger partial charge < -0.3 is 4.42 Å². The highest BCUT2D eigenvalue weighted by Gasteiger charge is 2.16. The fraction of sp³-hybridized carbons (Fsp3) is 0.200. The molecule has 0 aliphatic carbocycles. The number of carbonyl (C=O) groups excluding carboxylic acids is 2. The number of rotatable bonds is 4. The highest BCUT2D eigenvalue weighted by Crippen LogP contribution is 2.22. The number of aryl methyl sites for hydroxylation is 1. The molecule has 2 N–H and O–H groups in total. The molecule has 5 nitrogen and oxygen atoms in total. The first-order valence-electron chi connectivity index (χ1n) is 6.44. The number of furan rings is 1. The van der Waals surface area contributed by atoms with Crippen LogP contribution in [0.2, 0.25) is 0 Å². The molecule has 0 unspecified atom stereocenters. The van der Waals surface area contributed by atoms with Crippen molar-refractivity contribution in [1.82, 2.24) is 10.9 Å². The van der Waals surface area contributed by atoms with E-state index in [1.165, 1.54) is 18.0 Å². The molecule has 0 radical (unpaired) electrons. The predicted octanol–water partition coefficient (Wildman–Crippen LogP) is 2.53. The van der Waals surface area contributed by atoms with Crippen LogP contribution in [0, 0.1) is 6.92 Å². The first-order chi connectivity index (χ1) is 10.1. The van der Waals surface area contributed by atoms with Crippen molar-refractivity contribution in [3.8, 4) is 0 Å². The van der Waals surface area contributed by atoms with Gasteiger partial charge in [0.25, 0.3) is 11.8 Å². The molecule has 21 heavy (non-hydrogen) atoms. The van der Waals surface area contributed by atoms with Gasteiger partial charge in [-0.15, -0.1) is 11.8 Å². The van der Waals surface area contributed by atoms with Crippen LogP contribution in [0.1, 0.15) is 23.0 Å². The summed E-state index contributed by atoms with van der Waals surface area (Å²) in [4.78, 5) is 24.8. The summed E-state index contributed by atoms with van der Waals surface area (Å²) in [6.07, 6.45) is 1.43. The second-order valence-electron chi connectivity index (χ2n) is 4.41. The molecule has 0 spiro atoms. The maximum Gasteiger partial charge on any atom is 0.273 e. The summed E-state index contributed by atoms with van der Waals surface area (Å²) in [5, 5.41) is -0.321. The van der Waals surface area contributed by atoms with Gasteiger partial charge in [-0.3, -0.25) is 20.4 Å². The Hall–Kier alpha value is -2.21. The lowest BCUT2D eigenvalue weighted by atomic mass is 10.2. The van der Waals surface area contributed by atoms with Crippen molar-refractivity contribution in [3.63, 3.8) is 0 Å². The van der Waals surface area contributed by atoms with Gasteiger partial charge in [0.2, 0.25) is 0 Å². The molecule has 1 atom stereocenters. The molecule has 2 aromatic rings. The van der Waals surface area contributed by atoms with Gasteiger partial charge in [-0.05, 0) is 32.0 Å². The Balaban J connectivity index is 1.84. The van der Waals surface area contributed by atoms with E-state index in [0.29, 0.717) is 11.3 Å². The van der Waals surface area contributed by atoms with Gasteiger partial charge in [-0.2, -0.15) is 0 Å². The molecule has 1 aromatic carbocycles. The van der Waals surface area contributed by atoms with Crippen molar-refractivity contribution in [2.75, 3.05) is 0 Å². The molecule has 0 aliphatic heterocycles. The van der Waals surface area contributed by atoms with Crippen LogP contribution >= 0.6 is 11.8 Å². The van der Waals surface area contributed by atoms with E-state index in [2.05, 4.69) is 10.9 Å². The highest BCUT2D eigenvalue weighted by atomic mass is 32.2. The molecule has 6 heteroatoms. The monoisotopic (exact) mass is 304 g/mol. The molecule has 1 aromatic heterocycles. The van der Waals surface area contributed by atoms with Crippen LogP contribution < -0.4 is 10.9 Å². The van der Waals surface area contributed by atoms with E-state index in [0.717, 1.165) is 4.90 Å². The summed E-state index contributed by atoms with van der Waals surface area (Å²) < 4.78 is 5.04. The SMILES string of the molecule is Cc1occc1C(=O)NNC(=O)[C@H](C)Sc1ccccc1. The highest BCUT2D eigenvalue weighted by molar-refractivity contribution is 8.00. The van der Waals surface area contributed by atoms with E-state index < -0.39 is 5.91 Å². The minimum Gasteiger partial charge on any atom is -0.469 e. The van der Waals surface area contributed by atoms with Crippen LogP contribution in [0.3, 0.4) is 0 Å². The normalized spacial score (nSPS) is 11.7. The Kier molecular flexibility index (Phi) is 5.05. The summed E-state index contributed by atoms with van der Waals surface area (Å²) >= 11 is 1.42. The standard InChI is InChI=1S/C15H16N2O3S/c1-10-13(8-9-20-10)15(19)17-16-14(18)11(2)21-12-6-4-3-5-7-12/h3-9,11H,1-2H3,(H,16,18)(H,17,19)/t11-/m0/s1. The zero-order valence-electron chi connectivity index (χ0n) is 11.8. The average molecular weight is 304 g/mol. The lowest BCUT2D eigenvalue weighted by molar-refractivity contribution is -0.121. The molecular formula is C15H16N2O3S. The van der Waals surface area contributed by atoms with Gasteiger partial charge in [0.05, 0.1) is 17.1 Å². The fourth-order valence-corrected chi connectivity index (χ4v) is 2.55. The summed E-state index contributed by atoms with van der Waals surface area (Å²) in [6, 6.07) is 11.2. The molecule has 110 valence electrons. The van der Waals surface area contributed by atoms with E-state index in [1.807, 2.05) is 30.3 Å². The van der Waals surface area contributed by atoms with Crippen molar-refractivity contribution < 1.29 is 14.0 Å². The lowest BCUT2D eigenvalue weighted by Gasteiger charge is -2.12. The van der Waals surface area contributed by atoms with E-state index in [-0.39, 0.29) is 11.2 Å². The zero-order chi connectivity index (χ0) is 15.2. The maximum absolute atomic E-state index is 11.9. The Bertz CT molecular complexity index is 625. The quantitative estimate of drug-likeness (QED) is 0.672. The van der Waals surface area contributed by atoms with Crippen LogP contribution in [0.25, 0.3) is 0 Å². The van der Waals surface area contributed by atoms with Crippen LogP contribution in [0.4, 0.5) is 0 Å². The predicted molar refractivity (Wildman–Crippen MR) is 80.8 cm³/mol. The topological polar surface area (TPSA) is 71.3 Å². The first kappa shape index (κ1) is 15.2. The fourth-order valence-electron chi connectivity index (χ4n) is 1.66. The number of benzene rings is 1. The van der Waals surface area contributed by atoms with Gasteiger partial charge in [0.15, 0.2) is 0 Å². The Morgan fingerprint density at radius 3 is 2.48 bits per heavy atom. The van der Waals surface area contributed by atoms with Gasteiger partial charge in [0.1, 0.15) is 5.76 Å². The van der Waals surface area contributed by atoms with Crippen molar-refractivity contribution in [1.29, 1.82) is 0 Å². The third kappa shape index (κ3) is 4.13. The largest absolute Gasteiger partial charge is 0.469 e. The van der Waals surface area contributed by atoms with E-state index in [1.54, 1.807) is 19.9 Å². The molecule has 0 aliphatic rings. The summed E-state index contributed by atoms with van der Waals surface area (Å²) in [7, 11) is 0. The average Bonchev–Trinajstić information content (AvgIpc) is 2.91. The van der Waals surface area contributed by atoms with E-state index in [4.69, 9.17) is 4.42 Å². The van der Waals surface area contributed by atoms with Crippen molar-refractivity contribution in [2.24, 2.45) is 0 Å². The molecule has 0 fully saturated rings. The van der Waals surface area contributed by atoms with Crippen LogP contribution in [0.15, 0.2) is 52.0 Å². The summed E-state index contributed by atoms with van der Waals surface area (Å²) in [5.41, 5.74) is 5.20. The summed E-state index contributed by atoms with van der Waals surface area (Å²) in [6.45, 7) is 3.47. The van der Waals surface area contributed by atoms with Crippen LogP contribution in [-0.4, -0.2) is 17.1 Å². The second-order valence-corrected chi connectivity index (χ2v) is 5.82. The zero-order valence-corrected chi connectivity index (χ0v) is 12.6. The molecule has 2 amide bonds. The number of amides is 2. The van der Waals surface area contributed by atoms with Crippen molar-refractivity contribution in [2.45, 2.75) is 24.0 Å². The Morgan fingerprint density at radius 2 is 1.86 bits per heavy atom. The minimum atomic E-state index is -0.397. The van der Waals surface area contributed by atoms with Crippen LogP contribution in [0.5, 0.6) is 0 Å². The number of hydrazine groups is 1. The Labute approximate surface area is 127 Å². The smallest absolute Gasteiger partial charge is 0.273 e. The number of hydrogen-bond donors (Lipinski definition) is 2. The number of thioether (sulfide) groups is 1. The van der Waals surface area contributed by atoms with E-state index in [9.17, 15) is 9.59 Å². The lowest BCUT2D eigenvalue weighted by Crippen LogP contribution is -2.44. The minimum absolute atomic E-state index is 0.265. The Morgan fingerprint density at radius 1 is 1.14 bits per heavy atom. The third-order valence-electron chi connectivity index (χ3n) is 2.83. The molecule has 2 rings (SSSR count). The molecule has 0 saturated heterocycles. The first-order valence-corrected chi connectivity index (χ1v) is 7.32. The number of carbonyl (C=O) groups is 2. The maximum atomic E-state index is 11.9. The number of nitrogens with one attached hydrogen (secondary N) is 2. The van der Waals surface area contributed by atoms with Gasteiger partial charge >= 0.3 is 0 Å². The second kappa shape index (κ2) is 6.99. The van der Waals surface area contributed by atoms with Crippen molar-refractivity contribution >= 4 is 23.6 Å². The molecule has 0 bridgehead atoms. The van der Waals surface area contributed by atoms with Gasteiger partial charge in [0, 0.05) is 4.90 Å². The molecule has 1 heterocycles. The molecule has 0 saturated carbocycles. The third-order valence-corrected chi connectivity index (χ3v) is 3.94. The van der Waals surface area contributed by atoms with Gasteiger partial charge in [-0.1, -0.05) is 18.2 Å². The van der Waals surface area contributed by atoms with Crippen molar-refractivity contribution in [3.05, 3.63) is 54.0 Å². The number of hydrogen-bond acceptors (Lipinski definition) is 4. The van der Waals surface area contributed by atoms with E-state index >= 15 is 0 Å². The van der Waals surface area contributed by atoms with Crippen LogP contribution in [-0.2, 0) is 4.79 Å². The molecular weight excluding hydrogens is 288 g/mol. The van der Waals surface area contributed by atoms with Gasteiger partial charge in [-0.25, -0.2) is 0 Å².